The second kappa shape index (κ2) is 8.24. The molecule has 29 heavy (non-hydrogen) atoms. The van der Waals surface area contributed by atoms with E-state index in [-0.39, 0.29) is 18.5 Å². The molecular weight excluding hydrogens is 412 g/mol. The maximum Gasteiger partial charge on any atom is 0.263 e. The molecule has 3 rings (SSSR count). The first-order valence-corrected chi connectivity index (χ1v) is 11.6. The molecule has 8 heteroatoms. The molecule has 156 valence electrons. The number of hydrogen-bond donors (Lipinski definition) is 1. The molecule has 2 aromatic carbocycles. The zero-order valence-electron chi connectivity index (χ0n) is 16.9. The van der Waals surface area contributed by atoms with E-state index in [4.69, 9.17) is 16.3 Å². The van der Waals surface area contributed by atoms with E-state index in [1.165, 1.54) is 15.9 Å². The number of benzene rings is 2. The summed E-state index contributed by atoms with van der Waals surface area (Å²) in [5.41, 5.74) is 3.68. The van der Waals surface area contributed by atoms with Gasteiger partial charge in [-0.2, -0.15) is 0 Å². The van der Waals surface area contributed by atoms with E-state index in [0.29, 0.717) is 22.9 Å². The smallest absolute Gasteiger partial charge is 0.263 e. The Morgan fingerprint density at radius 2 is 1.97 bits per heavy atom. The average Bonchev–Trinajstić information content (AvgIpc) is 2.66. The van der Waals surface area contributed by atoms with Crippen LogP contribution in [0.15, 0.2) is 36.4 Å². The summed E-state index contributed by atoms with van der Waals surface area (Å²) < 4.78 is 31.6. The summed E-state index contributed by atoms with van der Waals surface area (Å²) in [7, 11) is -3.60. The molecule has 0 aliphatic carbocycles. The van der Waals surface area contributed by atoms with Gasteiger partial charge in [-0.1, -0.05) is 36.7 Å². The van der Waals surface area contributed by atoms with E-state index in [1.807, 2.05) is 32.9 Å². The van der Waals surface area contributed by atoms with E-state index in [0.717, 1.165) is 17.4 Å². The zero-order chi connectivity index (χ0) is 21.3. The molecule has 0 saturated carbocycles. The summed E-state index contributed by atoms with van der Waals surface area (Å²) in [4.78, 5) is 13.0. The Hall–Kier alpha value is -2.25. The Kier molecular flexibility index (Phi) is 6.10. The number of rotatable bonds is 5. The van der Waals surface area contributed by atoms with E-state index >= 15 is 0 Å². The maximum atomic E-state index is 13.0. The van der Waals surface area contributed by atoms with Crippen molar-refractivity contribution in [2.24, 2.45) is 0 Å². The molecule has 2 atom stereocenters. The van der Waals surface area contributed by atoms with Crippen molar-refractivity contribution in [3.8, 4) is 5.75 Å². The molecule has 2 aromatic rings. The van der Waals surface area contributed by atoms with Crippen LogP contribution in [-0.2, 0) is 14.8 Å². The number of anilines is 1. The fraction of sp³-hybridized carbons (Fsp3) is 0.381. The molecule has 1 aliphatic heterocycles. The molecule has 0 saturated heterocycles. The van der Waals surface area contributed by atoms with Gasteiger partial charge in [0, 0.05) is 5.02 Å². The first kappa shape index (κ1) is 21.5. The Morgan fingerprint density at radius 1 is 1.24 bits per heavy atom. The van der Waals surface area contributed by atoms with Crippen molar-refractivity contribution in [1.82, 2.24) is 5.32 Å². The lowest BCUT2D eigenvalue weighted by molar-refractivity contribution is -0.128. The lowest BCUT2D eigenvalue weighted by atomic mass is 9.99. The maximum absolute atomic E-state index is 13.0. The summed E-state index contributed by atoms with van der Waals surface area (Å²) in [5.74, 6) is -0.0465. The number of hydrogen-bond acceptors (Lipinski definition) is 4. The number of halogens is 1. The van der Waals surface area contributed by atoms with Crippen LogP contribution in [0, 0.1) is 13.8 Å². The third-order valence-corrected chi connectivity index (χ3v) is 6.52. The van der Waals surface area contributed by atoms with E-state index in [9.17, 15) is 13.2 Å². The highest BCUT2D eigenvalue weighted by molar-refractivity contribution is 7.92. The quantitative estimate of drug-likeness (QED) is 0.774. The van der Waals surface area contributed by atoms with Gasteiger partial charge in [-0.05, 0) is 55.2 Å². The number of carbonyl (C=O) groups is 1. The minimum Gasteiger partial charge on any atom is -0.476 e. The fourth-order valence-corrected chi connectivity index (χ4v) is 4.41. The van der Waals surface area contributed by atoms with Gasteiger partial charge in [-0.15, -0.1) is 0 Å². The second-order valence-electron chi connectivity index (χ2n) is 7.33. The lowest BCUT2D eigenvalue weighted by Gasteiger charge is -2.34. The van der Waals surface area contributed by atoms with Crippen LogP contribution < -0.4 is 14.4 Å². The van der Waals surface area contributed by atoms with Crippen molar-refractivity contribution in [2.45, 2.75) is 39.3 Å². The van der Waals surface area contributed by atoms with Gasteiger partial charge in [0.2, 0.25) is 10.0 Å². The predicted octanol–water partition coefficient (Wildman–Crippen LogP) is 3.75. The molecule has 0 fully saturated rings. The largest absolute Gasteiger partial charge is 0.476 e. The summed E-state index contributed by atoms with van der Waals surface area (Å²) in [5, 5.41) is 3.40. The molecule has 1 aliphatic rings. The first-order chi connectivity index (χ1) is 13.6. The molecule has 0 spiro atoms. The average molecular weight is 437 g/mol. The molecule has 0 unspecified atom stereocenters. The highest BCUT2D eigenvalue weighted by Gasteiger charge is 2.35. The van der Waals surface area contributed by atoms with Crippen LogP contribution in [0.2, 0.25) is 5.02 Å². The van der Waals surface area contributed by atoms with Crippen LogP contribution in [0.5, 0.6) is 5.75 Å². The number of aryl methyl sites for hydroxylation is 2. The molecule has 1 heterocycles. The molecule has 6 nitrogen and oxygen atoms in total. The van der Waals surface area contributed by atoms with Gasteiger partial charge in [0.25, 0.3) is 5.91 Å². The van der Waals surface area contributed by atoms with Crippen molar-refractivity contribution in [2.75, 3.05) is 17.1 Å². The lowest BCUT2D eigenvalue weighted by Crippen LogP contribution is -2.51. The minimum absolute atomic E-state index is 0.110. The predicted molar refractivity (Wildman–Crippen MR) is 115 cm³/mol. The van der Waals surface area contributed by atoms with E-state index in [1.54, 1.807) is 12.1 Å². The Bertz CT molecular complexity index is 1040. The van der Waals surface area contributed by atoms with Crippen LogP contribution in [0.4, 0.5) is 5.69 Å². The monoisotopic (exact) mass is 436 g/mol. The molecule has 0 bridgehead atoms. The number of amides is 1. The summed E-state index contributed by atoms with van der Waals surface area (Å²) in [6, 6.07) is 10.6. The molecule has 1 N–H and O–H groups in total. The van der Waals surface area contributed by atoms with Crippen molar-refractivity contribution in [3.05, 3.63) is 58.1 Å². The number of fused-ring (bicyclic) bond motifs is 1. The van der Waals surface area contributed by atoms with Gasteiger partial charge in [-0.3, -0.25) is 9.10 Å². The summed E-state index contributed by atoms with van der Waals surface area (Å²) >= 11 is 6.01. The van der Waals surface area contributed by atoms with Gasteiger partial charge in [0.05, 0.1) is 24.5 Å². The fourth-order valence-electron chi connectivity index (χ4n) is 3.34. The summed E-state index contributed by atoms with van der Waals surface area (Å²) in [6.07, 6.45) is 0.837. The normalized spacial score (nSPS) is 17.3. The Labute approximate surface area is 176 Å². The van der Waals surface area contributed by atoms with Gasteiger partial charge < -0.3 is 10.1 Å². The highest BCUT2D eigenvalue weighted by atomic mass is 35.5. The summed E-state index contributed by atoms with van der Waals surface area (Å²) in [6.45, 7) is 5.95. The topological polar surface area (TPSA) is 75.7 Å². The van der Waals surface area contributed by atoms with Crippen LogP contribution in [0.25, 0.3) is 0 Å². The number of carbonyl (C=O) groups excluding carboxylic acids is 1. The standard InChI is InChI=1S/C21H25ClN2O4S/c1-5-17(15-7-6-13(2)14(3)10-15)23-21(25)20-12-24(29(4,26)27)18-11-16(22)8-9-19(18)28-20/h6-11,17,20H,5,12H2,1-4H3,(H,23,25)/t17-,20-/m1/s1. The van der Waals surface area contributed by atoms with E-state index < -0.39 is 16.1 Å². The Balaban J connectivity index is 1.85. The van der Waals surface area contributed by atoms with Crippen molar-refractivity contribution < 1.29 is 17.9 Å². The van der Waals surface area contributed by atoms with Crippen LogP contribution >= 0.6 is 11.6 Å². The number of nitrogens with zero attached hydrogens (tertiary/aromatic N) is 1. The van der Waals surface area contributed by atoms with Gasteiger partial charge in [0.15, 0.2) is 6.10 Å². The molecule has 0 radical (unpaired) electrons. The van der Waals surface area contributed by atoms with Gasteiger partial charge in [-0.25, -0.2) is 8.42 Å². The first-order valence-electron chi connectivity index (χ1n) is 9.41. The SMILES string of the molecule is CC[C@@H](NC(=O)[C@H]1CN(S(C)(=O)=O)c2cc(Cl)ccc2O1)c1ccc(C)c(C)c1. The number of ether oxygens (including phenoxy) is 1. The minimum atomic E-state index is -3.60. The highest BCUT2D eigenvalue weighted by Crippen LogP contribution is 2.37. The van der Waals surface area contributed by atoms with Crippen molar-refractivity contribution in [3.63, 3.8) is 0 Å². The third-order valence-electron chi connectivity index (χ3n) is 5.14. The zero-order valence-corrected chi connectivity index (χ0v) is 18.5. The van der Waals surface area contributed by atoms with Crippen molar-refractivity contribution >= 4 is 33.2 Å². The number of nitrogens with one attached hydrogen (secondary N) is 1. The van der Waals surface area contributed by atoms with Crippen LogP contribution in [-0.4, -0.2) is 33.2 Å². The van der Waals surface area contributed by atoms with Gasteiger partial charge in [0.1, 0.15) is 5.75 Å². The second-order valence-corrected chi connectivity index (χ2v) is 9.67. The molecular formula is C21H25ClN2O4S. The van der Waals surface area contributed by atoms with Crippen LogP contribution in [0.3, 0.4) is 0 Å². The number of sulfonamides is 1. The van der Waals surface area contributed by atoms with Crippen LogP contribution in [0.1, 0.15) is 36.1 Å². The van der Waals surface area contributed by atoms with E-state index in [2.05, 4.69) is 11.4 Å². The Morgan fingerprint density at radius 3 is 2.59 bits per heavy atom. The van der Waals surface area contributed by atoms with Crippen molar-refractivity contribution in [1.29, 1.82) is 0 Å². The third kappa shape index (κ3) is 4.67. The van der Waals surface area contributed by atoms with Gasteiger partial charge >= 0.3 is 0 Å². The molecule has 0 aromatic heterocycles. The molecule has 1 amide bonds.